The minimum atomic E-state index is -0.384. The Hall–Kier alpha value is -1.38. The Balaban J connectivity index is 2.61. The quantitative estimate of drug-likeness (QED) is 0.811. The lowest BCUT2D eigenvalue weighted by molar-refractivity contribution is 0.0938. The summed E-state index contributed by atoms with van der Waals surface area (Å²) < 4.78 is 12.8. The molecule has 0 radical (unpaired) electrons. The second kappa shape index (κ2) is 5.49. The highest BCUT2D eigenvalue weighted by Crippen LogP contribution is 2.04. The van der Waals surface area contributed by atoms with Crippen molar-refractivity contribution in [2.24, 2.45) is 0 Å². The molecule has 0 heterocycles. The number of hydrogen-bond acceptors (Lipinski definition) is 1. The number of halogens is 1. The van der Waals surface area contributed by atoms with Gasteiger partial charge in [-0.15, -0.1) is 0 Å². The van der Waals surface area contributed by atoms with Crippen molar-refractivity contribution in [1.82, 2.24) is 5.32 Å². The summed E-state index contributed by atoms with van der Waals surface area (Å²) in [7, 11) is 0. The van der Waals surface area contributed by atoms with E-state index in [0.29, 0.717) is 5.56 Å². The van der Waals surface area contributed by atoms with Gasteiger partial charge in [-0.05, 0) is 31.5 Å². The fourth-order valence-corrected chi connectivity index (χ4v) is 1.44. The van der Waals surface area contributed by atoms with Crippen LogP contribution in [-0.4, -0.2) is 11.9 Å². The summed E-state index contributed by atoms with van der Waals surface area (Å²) in [5, 5.41) is 2.82. The van der Waals surface area contributed by atoms with Crippen molar-refractivity contribution < 1.29 is 9.18 Å². The summed E-state index contributed by atoms with van der Waals surface area (Å²) in [5.74, 6) is -0.596. The molecule has 1 aromatic carbocycles. The number of carbonyl (C=O) groups is 1. The van der Waals surface area contributed by atoms with Crippen LogP contribution in [0.5, 0.6) is 0 Å². The Morgan fingerprint density at radius 2 is 2.27 bits per heavy atom. The summed E-state index contributed by atoms with van der Waals surface area (Å²) >= 11 is 0. The van der Waals surface area contributed by atoms with Crippen molar-refractivity contribution in [2.75, 3.05) is 0 Å². The van der Waals surface area contributed by atoms with Crippen molar-refractivity contribution in [3.63, 3.8) is 0 Å². The van der Waals surface area contributed by atoms with Crippen LogP contribution < -0.4 is 5.32 Å². The van der Waals surface area contributed by atoms with Crippen molar-refractivity contribution in [3.05, 3.63) is 35.6 Å². The van der Waals surface area contributed by atoms with Crippen LogP contribution in [0, 0.1) is 5.82 Å². The molecule has 15 heavy (non-hydrogen) atoms. The van der Waals surface area contributed by atoms with Gasteiger partial charge in [-0.2, -0.15) is 0 Å². The van der Waals surface area contributed by atoms with Gasteiger partial charge in [0, 0.05) is 11.6 Å². The van der Waals surface area contributed by atoms with Crippen LogP contribution in [-0.2, 0) is 0 Å². The SMILES string of the molecule is CCC[C@H](C)NC(=O)c1cccc(F)c1. The molecule has 82 valence electrons. The van der Waals surface area contributed by atoms with E-state index in [9.17, 15) is 9.18 Å². The minimum absolute atomic E-state index is 0.130. The number of benzene rings is 1. The van der Waals surface area contributed by atoms with Crippen LogP contribution in [0.3, 0.4) is 0 Å². The molecule has 0 unspecified atom stereocenters. The third kappa shape index (κ3) is 3.70. The second-order valence-corrected chi connectivity index (χ2v) is 3.67. The largest absolute Gasteiger partial charge is 0.350 e. The zero-order valence-electron chi connectivity index (χ0n) is 9.09. The molecule has 0 aliphatic rings. The molecule has 1 N–H and O–H groups in total. The molecule has 0 bridgehead atoms. The monoisotopic (exact) mass is 209 g/mol. The lowest BCUT2D eigenvalue weighted by atomic mass is 10.1. The Kier molecular flexibility index (Phi) is 4.28. The number of nitrogens with one attached hydrogen (secondary N) is 1. The smallest absolute Gasteiger partial charge is 0.251 e. The lowest BCUT2D eigenvalue weighted by Gasteiger charge is -2.12. The van der Waals surface area contributed by atoms with Gasteiger partial charge < -0.3 is 5.32 Å². The third-order valence-corrected chi connectivity index (χ3v) is 2.19. The molecule has 0 saturated carbocycles. The Bertz CT molecular complexity index is 338. The van der Waals surface area contributed by atoms with Crippen LogP contribution in [0.4, 0.5) is 4.39 Å². The summed E-state index contributed by atoms with van der Waals surface area (Å²) in [6.45, 7) is 4.01. The van der Waals surface area contributed by atoms with Crippen molar-refractivity contribution in [2.45, 2.75) is 32.7 Å². The molecular formula is C12H16FNO. The third-order valence-electron chi connectivity index (χ3n) is 2.19. The zero-order chi connectivity index (χ0) is 11.3. The minimum Gasteiger partial charge on any atom is -0.350 e. The van der Waals surface area contributed by atoms with Crippen LogP contribution >= 0.6 is 0 Å². The lowest BCUT2D eigenvalue weighted by Crippen LogP contribution is -2.32. The molecular weight excluding hydrogens is 193 g/mol. The Morgan fingerprint density at radius 1 is 1.53 bits per heavy atom. The van der Waals surface area contributed by atoms with Crippen molar-refractivity contribution in [3.8, 4) is 0 Å². The number of rotatable bonds is 4. The maximum absolute atomic E-state index is 12.8. The van der Waals surface area contributed by atoms with E-state index in [4.69, 9.17) is 0 Å². The predicted molar refractivity (Wildman–Crippen MR) is 58.2 cm³/mol. The highest BCUT2D eigenvalue weighted by Gasteiger charge is 2.09. The molecule has 0 aromatic heterocycles. The van der Waals surface area contributed by atoms with Gasteiger partial charge in [0.1, 0.15) is 5.82 Å². The Labute approximate surface area is 89.5 Å². The van der Waals surface area contributed by atoms with E-state index in [2.05, 4.69) is 12.2 Å². The summed E-state index contributed by atoms with van der Waals surface area (Å²) in [6, 6.07) is 5.84. The fourth-order valence-electron chi connectivity index (χ4n) is 1.44. The van der Waals surface area contributed by atoms with Gasteiger partial charge in [-0.25, -0.2) is 4.39 Å². The number of amides is 1. The molecule has 0 saturated heterocycles. The number of hydrogen-bond donors (Lipinski definition) is 1. The highest BCUT2D eigenvalue weighted by atomic mass is 19.1. The molecule has 0 spiro atoms. The van der Waals surface area contributed by atoms with Gasteiger partial charge in [-0.3, -0.25) is 4.79 Å². The van der Waals surface area contributed by atoms with Gasteiger partial charge in [-0.1, -0.05) is 19.4 Å². The van der Waals surface area contributed by atoms with E-state index in [-0.39, 0.29) is 17.8 Å². The molecule has 0 aliphatic heterocycles. The van der Waals surface area contributed by atoms with Crippen LogP contribution in [0.2, 0.25) is 0 Å². The first-order chi connectivity index (χ1) is 7.13. The molecule has 0 fully saturated rings. The number of carbonyl (C=O) groups excluding carboxylic acids is 1. The van der Waals surface area contributed by atoms with E-state index in [0.717, 1.165) is 12.8 Å². The average molecular weight is 209 g/mol. The van der Waals surface area contributed by atoms with E-state index in [1.807, 2.05) is 6.92 Å². The standard InChI is InChI=1S/C12H16FNO/c1-3-5-9(2)14-12(15)10-6-4-7-11(13)8-10/h4,6-9H,3,5H2,1-2H3,(H,14,15)/t9-/m0/s1. The van der Waals surface area contributed by atoms with Gasteiger partial charge >= 0.3 is 0 Å². The first kappa shape index (κ1) is 11.7. The zero-order valence-corrected chi connectivity index (χ0v) is 9.09. The van der Waals surface area contributed by atoms with Crippen LogP contribution in [0.25, 0.3) is 0 Å². The normalized spacial score (nSPS) is 12.2. The first-order valence-electron chi connectivity index (χ1n) is 5.20. The van der Waals surface area contributed by atoms with E-state index in [1.54, 1.807) is 6.07 Å². The molecule has 3 heteroatoms. The van der Waals surface area contributed by atoms with E-state index in [1.165, 1.54) is 18.2 Å². The van der Waals surface area contributed by atoms with Crippen molar-refractivity contribution in [1.29, 1.82) is 0 Å². The summed E-state index contributed by atoms with van der Waals surface area (Å²) in [4.78, 5) is 11.6. The van der Waals surface area contributed by atoms with Crippen LogP contribution in [0.1, 0.15) is 37.0 Å². The maximum atomic E-state index is 12.8. The molecule has 1 aromatic rings. The summed E-state index contributed by atoms with van der Waals surface area (Å²) in [6.07, 6.45) is 1.95. The Morgan fingerprint density at radius 3 is 2.87 bits per heavy atom. The topological polar surface area (TPSA) is 29.1 Å². The van der Waals surface area contributed by atoms with Gasteiger partial charge in [0.15, 0.2) is 0 Å². The van der Waals surface area contributed by atoms with Gasteiger partial charge in [0.2, 0.25) is 0 Å². The molecule has 1 atom stereocenters. The molecule has 1 amide bonds. The fraction of sp³-hybridized carbons (Fsp3) is 0.417. The van der Waals surface area contributed by atoms with Crippen molar-refractivity contribution >= 4 is 5.91 Å². The molecule has 1 rings (SSSR count). The highest BCUT2D eigenvalue weighted by molar-refractivity contribution is 5.94. The molecule has 2 nitrogen and oxygen atoms in total. The second-order valence-electron chi connectivity index (χ2n) is 3.67. The van der Waals surface area contributed by atoms with E-state index >= 15 is 0 Å². The maximum Gasteiger partial charge on any atom is 0.251 e. The van der Waals surface area contributed by atoms with Gasteiger partial charge in [0.25, 0.3) is 5.91 Å². The van der Waals surface area contributed by atoms with Gasteiger partial charge in [0.05, 0.1) is 0 Å². The average Bonchev–Trinajstić information content (AvgIpc) is 2.18. The first-order valence-corrected chi connectivity index (χ1v) is 5.20. The molecule has 0 aliphatic carbocycles. The predicted octanol–water partition coefficient (Wildman–Crippen LogP) is 2.74. The van der Waals surface area contributed by atoms with E-state index < -0.39 is 0 Å². The van der Waals surface area contributed by atoms with Crippen LogP contribution in [0.15, 0.2) is 24.3 Å². The summed E-state index contributed by atoms with van der Waals surface area (Å²) in [5.41, 5.74) is 0.373.